The van der Waals surface area contributed by atoms with Crippen molar-refractivity contribution in [3.05, 3.63) is 90.2 Å². The number of methoxy groups -OCH3 is 1. The second-order valence-corrected chi connectivity index (χ2v) is 10.9. The Balaban J connectivity index is 1.59. The number of anilines is 1. The summed E-state index contributed by atoms with van der Waals surface area (Å²) in [7, 11) is 1.56. The number of amides is 1. The largest absolute Gasteiger partial charge is 0.493 e. The van der Waals surface area contributed by atoms with Crippen molar-refractivity contribution >= 4 is 96.7 Å². The third kappa shape index (κ3) is 5.56. The fraction of sp³-hybridized carbons (Fsp3) is 0.0833. The first-order valence-electron chi connectivity index (χ1n) is 9.74. The molecule has 0 radical (unpaired) electrons. The number of carbonyl (C=O) groups is 1. The van der Waals surface area contributed by atoms with Gasteiger partial charge in [0, 0.05) is 10.0 Å². The van der Waals surface area contributed by atoms with Crippen LogP contribution in [0.4, 0.5) is 5.69 Å². The molecule has 3 aromatic carbocycles. The van der Waals surface area contributed by atoms with E-state index in [1.807, 2.05) is 30.3 Å². The molecule has 10 heteroatoms. The Morgan fingerprint density at radius 2 is 1.76 bits per heavy atom. The van der Waals surface area contributed by atoms with Crippen LogP contribution in [0.2, 0.25) is 15.1 Å². The molecule has 0 aliphatic carbocycles. The molecule has 0 atom stereocenters. The molecular weight excluding hydrogens is 601 g/mol. The summed E-state index contributed by atoms with van der Waals surface area (Å²) in [5.74, 6) is 0.804. The highest BCUT2D eigenvalue weighted by atomic mass is 79.9. The number of thioether (sulfide) groups is 1. The third-order valence-corrected chi connectivity index (χ3v) is 7.47. The minimum absolute atomic E-state index is 0.266. The van der Waals surface area contributed by atoms with Crippen LogP contribution in [-0.4, -0.2) is 17.3 Å². The van der Waals surface area contributed by atoms with E-state index in [4.69, 9.17) is 56.5 Å². The molecule has 0 unspecified atom stereocenters. The van der Waals surface area contributed by atoms with Crippen LogP contribution in [0.3, 0.4) is 0 Å². The number of hydrogen-bond donors (Lipinski definition) is 0. The van der Waals surface area contributed by atoms with Crippen LogP contribution in [0.5, 0.6) is 11.5 Å². The van der Waals surface area contributed by atoms with E-state index < -0.39 is 0 Å². The minimum atomic E-state index is -0.266. The number of hydrogen-bond acceptors (Lipinski definition) is 5. The highest BCUT2D eigenvalue weighted by molar-refractivity contribution is 9.10. The number of carbonyl (C=O) groups excluding carboxylic acids is 1. The molecule has 1 amide bonds. The van der Waals surface area contributed by atoms with E-state index in [9.17, 15) is 4.79 Å². The molecule has 1 aliphatic heterocycles. The number of rotatable bonds is 6. The summed E-state index contributed by atoms with van der Waals surface area (Å²) in [6.45, 7) is 0.339. The molecule has 3 aromatic rings. The summed E-state index contributed by atoms with van der Waals surface area (Å²) in [4.78, 5) is 15.0. The highest BCUT2D eigenvalue weighted by Crippen LogP contribution is 2.42. The first-order valence-corrected chi connectivity index (χ1v) is 12.9. The van der Waals surface area contributed by atoms with Crippen molar-refractivity contribution in [1.82, 2.24) is 0 Å². The van der Waals surface area contributed by atoms with Gasteiger partial charge in [0.1, 0.15) is 6.61 Å². The number of halogens is 4. The Hall–Kier alpha value is -1.74. The summed E-state index contributed by atoms with van der Waals surface area (Å²) < 4.78 is 12.6. The predicted octanol–water partition coefficient (Wildman–Crippen LogP) is 8.40. The van der Waals surface area contributed by atoms with Crippen molar-refractivity contribution in [2.75, 3.05) is 12.0 Å². The van der Waals surface area contributed by atoms with Gasteiger partial charge < -0.3 is 9.47 Å². The fourth-order valence-corrected chi connectivity index (χ4v) is 5.67. The molecule has 0 bridgehead atoms. The zero-order valence-corrected chi connectivity index (χ0v) is 23.0. The Morgan fingerprint density at radius 3 is 2.44 bits per heavy atom. The molecule has 4 nitrogen and oxygen atoms in total. The van der Waals surface area contributed by atoms with Gasteiger partial charge >= 0.3 is 0 Å². The fourth-order valence-electron chi connectivity index (χ4n) is 3.19. The number of ether oxygens (including phenoxy) is 2. The average molecular weight is 616 g/mol. The van der Waals surface area contributed by atoms with Gasteiger partial charge in [-0.2, -0.15) is 0 Å². The van der Waals surface area contributed by atoms with Crippen LogP contribution < -0.4 is 14.4 Å². The quantitative estimate of drug-likeness (QED) is 0.206. The molecule has 0 spiro atoms. The Labute approximate surface area is 229 Å². The molecule has 174 valence electrons. The van der Waals surface area contributed by atoms with E-state index in [0.717, 1.165) is 11.1 Å². The van der Waals surface area contributed by atoms with E-state index in [2.05, 4.69) is 15.9 Å². The van der Waals surface area contributed by atoms with Gasteiger partial charge in [0.15, 0.2) is 15.8 Å². The molecule has 0 saturated carbocycles. The maximum absolute atomic E-state index is 13.1. The van der Waals surface area contributed by atoms with Crippen molar-refractivity contribution in [2.24, 2.45) is 0 Å². The van der Waals surface area contributed by atoms with Gasteiger partial charge in [0.25, 0.3) is 5.91 Å². The second-order valence-electron chi connectivity index (χ2n) is 7.06. The Bertz CT molecular complexity index is 1320. The van der Waals surface area contributed by atoms with Crippen LogP contribution in [0.1, 0.15) is 11.1 Å². The summed E-state index contributed by atoms with van der Waals surface area (Å²) in [5.41, 5.74) is 2.19. The number of benzene rings is 3. The summed E-state index contributed by atoms with van der Waals surface area (Å²) >= 11 is 28.4. The van der Waals surface area contributed by atoms with Crippen molar-refractivity contribution in [3.8, 4) is 11.5 Å². The van der Waals surface area contributed by atoms with Crippen LogP contribution in [-0.2, 0) is 11.4 Å². The first kappa shape index (κ1) is 25.4. The average Bonchev–Trinajstić information content (AvgIpc) is 3.06. The van der Waals surface area contributed by atoms with Gasteiger partial charge in [-0.1, -0.05) is 70.9 Å². The lowest BCUT2D eigenvalue weighted by atomic mass is 10.1. The molecule has 0 aromatic heterocycles. The summed E-state index contributed by atoms with van der Waals surface area (Å²) in [5, 5.41) is 1.48. The number of nitrogens with zero attached hydrogens (tertiary/aromatic N) is 1. The van der Waals surface area contributed by atoms with Crippen molar-refractivity contribution in [2.45, 2.75) is 6.61 Å². The van der Waals surface area contributed by atoms with E-state index in [-0.39, 0.29) is 5.91 Å². The monoisotopic (exact) mass is 613 g/mol. The lowest BCUT2D eigenvalue weighted by Crippen LogP contribution is -2.27. The summed E-state index contributed by atoms with van der Waals surface area (Å²) in [6.07, 6.45) is 1.75. The molecule has 1 aliphatic rings. The minimum Gasteiger partial charge on any atom is -0.493 e. The third-order valence-electron chi connectivity index (χ3n) is 4.79. The standard InChI is InChI=1S/C24H15BrCl3NO3S2/c1-31-20-9-14(8-17(25)22(20)32-12-13-2-4-15(26)5-3-13)10-21-23(30)29(24(33)34-21)19-7-6-16(27)11-18(19)28/h2-11H,12H2,1H3/b21-10-. The van der Waals surface area contributed by atoms with Gasteiger partial charge in [-0.25, -0.2) is 0 Å². The Morgan fingerprint density at radius 1 is 1.06 bits per heavy atom. The number of thiocarbonyl (C=S) groups is 1. The topological polar surface area (TPSA) is 38.8 Å². The van der Waals surface area contributed by atoms with Gasteiger partial charge in [-0.15, -0.1) is 0 Å². The van der Waals surface area contributed by atoms with E-state index in [0.29, 0.717) is 52.6 Å². The first-order chi connectivity index (χ1) is 16.3. The molecular formula is C24H15BrCl3NO3S2. The van der Waals surface area contributed by atoms with Crippen molar-refractivity contribution in [1.29, 1.82) is 0 Å². The SMILES string of the molecule is COc1cc(/C=C2\SC(=S)N(c3ccc(Cl)cc3Cl)C2=O)cc(Br)c1OCc1ccc(Cl)cc1. The molecule has 4 rings (SSSR count). The lowest BCUT2D eigenvalue weighted by Gasteiger charge is -2.16. The van der Waals surface area contributed by atoms with Crippen LogP contribution in [0.15, 0.2) is 64.0 Å². The van der Waals surface area contributed by atoms with Crippen molar-refractivity contribution in [3.63, 3.8) is 0 Å². The maximum atomic E-state index is 13.1. The molecule has 0 N–H and O–H groups in total. The predicted molar refractivity (Wildman–Crippen MR) is 149 cm³/mol. The van der Waals surface area contributed by atoms with Crippen LogP contribution >= 0.6 is 74.7 Å². The van der Waals surface area contributed by atoms with E-state index in [1.165, 1.54) is 16.7 Å². The van der Waals surface area contributed by atoms with E-state index >= 15 is 0 Å². The zero-order valence-electron chi connectivity index (χ0n) is 17.5. The molecule has 34 heavy (non-hydrogen) atoms. The molecule has 1 saturated heterocycles. The highest BCUT2D eigenvalue weighted by Gasteiger charge is 2.34. The van der Waals surface area contributed by atoms with Gasteiger partial charge in [-0.3, -0.25) is 9.69 Å². The molecule has 1 fully saturated rings. The molecule has 1 heterocycles. The zero-order chi connectivity index (χ0) is 24.4. The van der Waals surface area contributed by atoms with Gasteiger partial charge in [-0.05, 0) is 75.6 Å². The maximum Gasteiger partial charge on any atom is 0.270 e. The van der Waals surface area contributed by atoms with Crippen LogP contribution in [0.25, 0.3) is 6.08 Å². The normalized spacial score (nSPS) is 14.7. The smallest absolute Gasteiger partial charge is 0.270 e. The second kappa shape index (κ2) is 10.9. The summed E-state index contributed by atoms with van der Waals surface area (Å²) in [6, 6.07) is 16.0. The van der Waals surface area contributed by atoms with E-state index in [1.54, 1.807) is 37.5 Å². The lowest BCUT2D eigenvalue weighted by molar-refractivity contribution is -0.113. The van der Waals surface area contributed by atoms with Crippen molar-refractivity contribution < 1.29 is 14.3 Å². The van der Waals surface area contributed by atoms with Crippen LogP contribution in [0, 0.1) is 0 Å². The van der Waals surface area contributed by atoms with Gasteiger partial charge in [0.05, 0.1) is 27.2 Å². The van der Waals surface area contributed by atoms with Gasteiger partial charge in [0.2, 0.25) is 0 Å². The Kier molecular flexibility index (Phi) is 8.12.